The molecule has 1 aromatic carbocycles. The zero-order chi connectivity index (χ0) is 15.8. The minimum Gasteiger partial charge on any atom is -0.295 e. The molecule has 0 saturated heterocycles. The van der Waals surface area contributed by atoms with Crippen LogP contribution in [0.3, 0.4) is 0 Å². The maximum absolute atomic E-state index is 11.7. The third-order valence-corrected chi connectivity index (χ3v) is 4.45. The van der Waals surface area contributed by atoms with E-state index in [1.54, 1.807) is 4.57 Å². The lowest BCUT2D eigenvalue weighted by atomic mass is 10.1. The molecule has 2 rings (SSSR count). The Morgan fingerprint density at radius 1 is 1.29 bits per heavy atom. The minimum absolute atomic E-state index is 0.221. The zero-order valence-corrected chi connectivity index (χ0v) is 15.0. The molecule has 0 saturated carbocycles. The van der Waals surface area contributed by atoms with Crippen LogP contribution in [0, 0.1) is 0 Å². The van der Waals surface area contributed by atoms with Crippen molar-refractivity contribution >= 4 is 35.7 Å². The van der Waals surface area contributed by atoms with Crippen molar-refractivity contribution in [1.82, 2.24) is 14.8 Å². The molecule has 5 nitrogen and oxygen atoms in total. The van der Waals surface area contributed by atoms with Gasteiger partial charge >= 0.3 is 0 Å². The maximum atomic E-state index is 11.7. The topological polar surface area (TPSA) is 64.8 Å². The van der Waals surface area contributed by atoms with Crippen molar-refractivity contribution in [2.24, 2.45) is 0 Å². The molecule has 0 bridgehead atoms. The van der Waals surface area contributed by atoms with Crippen molar-refractivity contribution in [2.45, 2.75) is 37.9 Å². The first kappa shape index (κ1) is 16.5. The largest absolute Gasteiger partial charge is 0.296 e. The van der Waals surface area contributed by atoms with Crippen molar-refractivity contribution in [3.05, 3.63) is 40.1 Å². The normalized spacial score (nSPS) is 12.6. The van der Waals surface area contributed by atoms with E-state index in [0.29, 0.717) is 12.2 Å². The molecule has 1 aromatic heterocycles. The van der Waals surface area contributed by atoms with Crippen LogP contribution in [0.2, 0.25) is 0 Å². The van der Waals surface area contributed by atoms with Gasteiger partial charge < -0.3 is 0 Å². The SMILES string of the molecule is CC(C)(C)n1c(Cc2cccc(Br)c2)nnc1S(=O)(=O)Cl. The van der Waals surface area contributed by atoms with Crippen LogP contribution in [0.4, 0.5) is 0 Å². The number of hydrogen-bond acceptors (Lipinski definition) is 4. The average molecular weight is 393 g/mol. The molecule has 1 heterocycles. The lowest BCUT2D eigenvalue weighted by molar-refractivity contribution is 0.352. The summed E-state index contributed by atoms with van der Waals surface area (Å²) < 4.78 is 25.8. The van der Waals surface area contributed by atoms with Crippen LogP contribution in [0.1, 0.15) is 32.2 Å². The summed E-state index contributed by atoms with van der Waals surface area (Å²) in [5.74, 6) is 0.555. The van der Waals surface area contributed by atoms with Crippen LogP contribution in [-0.4, -0.2) is 23.2 Å². The van der Waals surface area contributed by atoms with E-state index in [9.17, 15) is 8.42 Å². The third-order valence-electron chi connectivity index (χ3n) is 2.84. The van der Waals surface area contributed by atoms with Crippen molar-refractivity contribution in [1.29, 1.82) is 0 Å². The molecule has 0 N–H and O–H groups in total. The van der Waals surface area contributed by atoms with E-state index >= 15 is 0 Å². The van der Waals surface area contributed by atoms with E-state index < -0.39 is 14.6 Å². The lowest BCUT2D eigenvalue weighted by Crippen LogP contribution is -2.27. The summed E-state index contributed by atoms with van der Waals surface area (Å²) >= 11 is 3.41. The summed E-state index contributed by atoms with van der Waals surface area (Å²) in [5.41, 5.74) is 0.503. The van der Waals surface area contributed by atoms with E-state index in [1.165, 1.54) is 0 Å². The second-order valence-electron chi connectivity index (χ2n) is 5.65. The summed E-state index contributed by atoms with van der Waals surface area (Å²) in [6, 6.07) is 7.74. The molecule has 0 radical (unpaired) electrons. The van der Waals surface area contributed by atoms with E-state index in [0.717, 1.165) is 10.0 Å². The number of benzene rings is 1. The second-order valence-corrected chi connectivity index (χ2v) is 9.02. The Hall–Kier alpha value is -0.920. The molecule has 2 aromatic rings. The number of rotatable bonds is 3. The molecule has 8 heteroatoms. The second kappa shape index (κ2) is 5.70. The highest BCUT2D eigenvalue weighted by Crippen LogP contribution is 2.25. The van der Waals surface area contributed by atoms with Gasteiger partial charge in [-0.25, -0.2) is 8.42 Å². The minimum atomic E-state index is -3.94. The third kappa shape index (κ3) is 3.84. The summed E-state index contributed by atoms with van der Waals surface area (Å²) in [6.07, 6.45) is 0.468. The van der Waals surface area contributed by atoms with Crippen LogP contribution in [-0.2, 0) is 21.0 Å². The van der Waals surface area contributed by atoms with Gasteiger partial charge in [0.05, 0.1) is 0 Å². The fraction of sp³-hybridized carbons (Fsp3) is 0.385. The zero-order valence-electron chi connectivity index (χ0n) is 11.8. The number of halogens is 2. The van der Waals surface area contributed by atoms with Gasteiger partial charge in [0, 0.05) is 27.1 Å². The van der Waals surface area contributed by atoms with E-state index in [4.69, 9.17) is 10.7 Å². The maximum Gasteiger partial charge on any atom is 0.296 e. The standard InChI is InChI=1S/C13H15BrClN3O2S/c1-13(2,3)18-11(16-17-12(18)21(15,19)20)8-9-5-4-6-10(14)7-9/h4-7H,8H2,1-3H3. The molecule has 0 fully saturated rings. The first-order valence-electron chi connectivity index (χ1n) is 6.23. The van der Waals surface area contributed by atoms with Crippen molar-refractivity contribution in [3.8, 4) is 0 Å². The van der Waals surface area contributed by atoms with Crippen LogP contribution >= 0.6 is 26.6 Å². The fourth-order valence-electron chi connectivity index (χ4n) is 2.08. The predicted molar refractivity (Wildman–Crippen MR) is 85.0 cm³/mol. The number of hydrogen-bond donors (Lipinski definition) is 0. The van der Waals surface area contributed by atoms with E-state index in [-0.39, 0.29) is 5.16 Å². The predicted octanol–water partition coefficient (Wildman–Crippen LogP) is 3.31. The van der Waals surface area contributed by atoms with E-state index in [1.807, 2.05) is 45.0 Å². The number of nitrogens with zero attached hydrogens (tertiary/aromatic N) is 3. The highest BCUT2D eigenvalue weighted by molar-refractivity contribution is 9.10. The molecule has 0 aliphatic rings. The molecule has 0 unspecified atom stereocenters. The Labute approximate surface area is 136 Å². The molecule has 0 amide bonds. The van der Waals surface area contributed by atoms with Crippen LogP contribution in [0.15, 0.2) is 33.9 Å². The molecule has 114 valence electrons. The molecule has 0 aliphatic carbocycles. The van der Waals surface area contributed by atoms with Gasteiger partial charge in [0.15, 0.2) is 0 Å². The Kier molecular flexibility index (Phi) is 4.46. The smallest absolute Gasteiger partial charge is 0.295 e. The van der Waals surface area contributed by atoms with Gasteiger partial charge in [-0.05, 0) is 38.5 Å². The first-order chi connectivity index (χ1) is 9.59. The van der Waals surface area contributed by atoms with Gasteiger partial charge in [-0.15, -0.1) is 10.2 Å². The van der Waals surface area contributed by atoms with Crippen molar-refractivity contribution in [3.63, 3.8) is 0 Å². The average Bonchev–Trinajstić information content (AvgIpc) is 2.72. The summed E-state index contributed by atoms with van der Waals surface area (Å²) in [6.45, 7) is 5.64. The van der Waals surface area contributed by atoms with Crippen LogP contribution < -0.4 is 0 Å². The highest BCUT2D eigenvalue weighted by atomic mass is 79.9. The summed E-state index contributed by atoms with van der Waals surface area (Å²) in [5, 5.41) is 7.54. The van der Waals surface area contributed by atoms with Gasteiger partial charge in [-0.2, -0.15) is 0 Å². The highest BCUT2D eigenvalue weighted by Gasteiger charge is 2.29. The van der Waals surface area contributed by atoms with E-state index in [2.05, 4.69) is 26.1 Å². The Balaban J connectivity index is 2.53. The Morgan fingerprint density at radius 3 is 2.48 bits per heavy atom. The molecular weight excluding hydrogens is 378 g/mol. The Bertz CT molecular complexity index is 766. The number of aromatic nitrogens is 3. The van der Waals surface area contributed by atoms with Crippen molar-refractivity contribution < 1.29 is 8.42 Å². The molecule has 0 aliphatic heterocycles. The lowest BCUT2D eigenvalue weighted by Gasteiger charge is -2.24. The monoisotopic (exact) mass is 391 g/mol. The van der Waals surface area contributed by atoms with Gasteiger partial charge in [0.25, 0.3) is 14.2 Å². The molecule has 0 atom stereocenters. The van der Waals surface area contributed by atoms with Gasteiger partial charge in [0.1, 0.15) is 5.82 Å². The molecular formula is C13H15BrClN3O2S. The quantitative estimate of drug-likeness (QED) is 0.752. The van der Waals surface area contributed by atoms with Crippen LogP contribution in [0.5, 0.6) is 0 Å². The summed E-state index contributed by atoms with van der Waals surface area (Å²) in [4.78, 5) is 0. The molecule has 21 heavy (non-hydrogen) atoms. The van der Waals surface area contributed by atoms with Gasteiger partial charge in [0.2, 0.25) is 0 Å². The van der Waals surface area contributed by atoms with Crippen LogP contribution in [0.25, 0.3) is 0 Å². The van der Waals surface area contributed by atoms with Crippen molar-refractivity contribution in [2.75, 3.05) is 0 Å². The van der Waals surface area contributed by atoms with Gasteiger partial charge in [-0.3, -0.25) is 4.57 Å². The fourth-order valence-corrected chi connectivity index (χ4v) is 3.56. The van der Waals surface area contributed by atoms with Gasteiger partial charge in [-0.1, -0.05) is 28.1 Å². The molecule has 0 spiro atoms. The Morgan fingerprint density at radius 2 is 1.95 bits per heavy atom. The summed E-state index contributed by atoms with van der Waals surface area (Å²) in [7, 11) is 1.51. The first-order valence-corrected chi connectivity index (χ1v) is 9.33.